The molecule has 2 amide bonds. The smallest absolute Gasteiger partial charge is 0.384 e. The van der Waals surface area contributed by atoms with E-state index in [2.05, 4.69) is 15.7 Å². The number of carbonyl (C=O) groups excluding carboxylic acids is 3. The Morgan fingerprint density at radius 2 is 1.81 bits per heavy atom. The summed E-state index contributed by atoms with van der Waals surface area (Å²) in [6.45, 7) is 4.29. The first kappa shape index (κ1) is 25.8. The number of benzene rings is 1. The van der Waals surface area contributed by atoms with Crippen LogP contribution in [-0.2, 0) is 11.3 Å². The summed E-state index contributed by atoms with van der Waals surface area (Å²) in [5.74, 6) is -2.70. The van der Waals surface area contributed by atoms with Gasteiger partial charge in [0.25, 0.3) is 11.8 Å². The molecule has 2 aromatic rings. The van der Waals surface area contributed by atoms with Crippen molar-refractivity contribution in [2.45, 2.75) is 77.4 Å². The van der Waals surface area contributed by atoms with Crippen molar-refractivity contribution in [3.63, 3.8) is 0 Å². The van der Waals surface area contributed by atoms with Gasteiger partial charge in [0.1, 0.15) is 5.82 Å². The summed E-state index contributed by atoms with van der Waals surface area (Å²) in [5.41, 5.74) is 0.311. The molecule has 0 aliphatic heterocycles. The highest BCUT2D eigenvalue weighted by Gasteiger charge is 2.36. The third-order valence-corrected chi connectivity index (χ3v) is 6.81. The topological polar surface area (TPSA) is 123 Å². The number of aromatic nitrogens is 2. The first-order chi connectivity index (χ1) is 17.2. The van der Waals surface area contributed by atoms with Gasteiger partial charge in [-0.15, -0.1) is 5.10 Å². The van der Waals surface area contributed by atoms with Crippen molar-refractivity contribution in [2.24, 2.45) is 17.8 Å². The fourth-order valence-corrected chi connectivity index (χ4v) is 4.67. The second kappa shape index (κ2) is 11.2. The molecule has 1 heterocycles. The van der Waals surface area contributed by atoms with Crippen LogP contribution in [0.3, 0.4) is 0 Å². The quantitative estimate of drug-likeness (QED) is 0.483. The fourth-order valence-electron chi connectivity index (χ4n) is 4.67. The van der Waals surface area contributed by atoms with Crippen LogP contribution in [0.1, 0.15) is 79.8 Å². The molecule has 194 valence electrons. The van der Waals surface area contributed by atoms with Crippen molar-refractivity contribution in [1.82, 2.24) is 20.4 Å². The minimum atomic E-state index is -0.902. The molecule has 36 heavy (non-hydrogen) atoms. The number of carbonyl (C=O) groups is 3. The van der Waals surface area contributed by atoms with Gasteiger partial charge in [-0.1, -0.05) is 26.7 Å². The summed E-state index contributed by atoms with van der Waals surface area (Å²) in [4.78, 5) is 51.4. The van der Waals surface area contributed by atoms with Gasteiger partial charge in [0, 0.05) is 11.6 Å². The van der Waals surface area contributed by atoms with Gasteiger partial charge in [-0.25, -0.2) is 9.18 Å². The summed E-state index contributed by atoms with van der Waals surface area (Å²) < 4.78 is 19.5. The van der Waals surface area contributed by atoms with Gasteiger partial charge in [-0.3, -0.25) is 14.4 Å². The van der Waals surface area contributed by atoms with Crippen molar-refractivity contribution in [3.05, 3.63) is 52.1 Å². The Morgan fingerprint density at radius 3 is 2.47 bits per heavy atom. The van der Waals surface area contributed by atoms with Crippen LogP contribution in [-0.4, -0.2) is 39.5 Å². The number of hydrogen-bond acceptors (Lipinski definition) is 6. The maximum absolute atomic E-state index is 13.3. The lowest BCUT2D eigenvalue weighted by Gasteiger charge is -2.32. The normalized spacial score (nSPS) is 20.7. The van der Waals surface area contributed by atoms with Crippen molar-refractivity contribution in [3.8, 4) is 0 Å². The van der Waals surface area contributed by atoms with E-state index < -0.39 is 35.4 Å². The highest BCUT2D eigenvalue weighted by atomic mass is 19.1. The summed E-state index contributed by atoms with van der Waals surface area (Å²) in [6, 6.07) is 3.91. The minimum absolute atomic E-state index is 0.0832. The number of halogens is 1. The van der Waals surface area contributed by atoms with Crippen LogP contribution in [0.4, 0.5) is 4.39 Å². The van der Waals surface area contributed by atoms with Gasteiger partial charge in [0.05, 0.1) is 18.5 Å². The highest BCUT2D eigenvalue weighted by molar-refractivity contribution is 5.99. The van der Waals surface area contributed by atoms with Crippen molar-refractivity contribution >= 4 is 17.6 Å². The lowest BCUT2D eigenvalue weighted by Crippen LogP contribution is -2.52. The molecule has 4 rings (SSSR count). The molecule has 0 unspecified atom stereocenters. The predicted octanol–water partition coefficient (Wildman–Crippen LogP) is 3.09. The molecule has 2 saturated carbocycles. The zero-order valence-electron chi connectivity index (χ0n) is 20.7. The second-order valence-corrected chi connectivity index (χ2v) is 10.3. The number of amides is 2. The molecule has 2 fully saturated rings. The molecule has 0 radical (unpaired) electrons. The zero-order chi connectivity index (χ0) is 25.8. The molecule has 2 N–H and O–H groups in total. The Labute approximate surface area is 208 Å². The molecule has 2 aliphatic carbocycles. The molecular weight excluding hydrogens is 467 g/mol. The van der Waals surface area contributed by atoms with E-state index in [1.165, 1.54) is 28.9 Å². The van der Waals surface area contributed by atoms with Crippen LogP contribution in [0.25, 0.3) is 0 Å². The number of hydrogen-bond donors (Lipinski definition) is 2. The van der Waals surface area contributed by atoms with Gasteiger partial charge < -0.3 is 15.1 Å². The van der Waals surface area contributed by atoms with Crippen LogP contribution in [0.15, 0.2) is 33.5 Å². The van der Waals surface area contributed by atoms with E-state index in [1.807, 2.05) is 13.8 Å². The Bertz CT molecular complexity index is 1150. The Balaban J connectivity index is 1.45. The molecule has 1 aromatic heterocycles. The third kappa shape index (κ3) is 6.47. The van der Waals surface area contributed by atoms with Crippen LogP contribution >= 0.6 is 0 Å². The highest BCUT2D eigenvalue weighted by Crippen LogP contribution is 2.30. The van der Waals surface area contributed by atoms with Crippen molar-refractivity contribution in [2.75, 3.05) is 0 Å². The van der Waals surface area contributed by atoms with Crippen LogP contribution in [0, 0.1) is 23.6 Å². The first-order valence-electron chi connectivity index (χ1n) is 12.7. The lowest BCUT2D eigenvalue weighted by molar-refractivity contribution is -0.127. The average Bonchev–Trinajstić information content (AvgIpc) is 3.59. The van der Waals surface area contributed by atoms with E-state index in [9.17, 15) is 23.6 Å². The summed E-state index contributed by atoms with van der Waals surface area (Å²) in [6.07, 6.45) is 5.26. The average molecular weight is 501 g/mol. The molecule has 9 nitrogen and oxygen atoms in total. The molecule has 0 spiro atoms. The Morgan fingerprint density at radius 1 is 1.11 bits per heavy atom. The van der Waals surface area contributed by atoms with Crippen LogP contribution in [0.5, 0.6) is 0 Å². The minimum Gasteiger partial charge on any atom is -0.384 e. The predicted molar refractivity (Wildman–Crippen MR) is 129 cm³/mol. The molecule has 1 aromatic carbocycles. The second-order valence-electron chi connectivity index (χ2n) is 10.3. The van der Waals surface area contributed by atoms with Crippen LogP contribution in [0.2, 0.25) is 0 Å². The number of ketones is 1. The Kier molecular flexibility index (Phi) is 8.01. The number of nitrogens with zero attached hydrogens (tertiary/aromatic N) is 2. The molecule has 3 atom stereocenters. The largest absolute Gasteiger partial charge is 0.437 e. The zero-order valence-corrected chi connectivity index (χ0v) is 20.7. The van der Waals surface area contributed by atoms with Crippen molar-refractivity contribution in [1.29, 1.82) is 0 Å². The van der Waals surface area contributed by atoms with Crippen LogP contribution < -0.4 is 16.4 Å². The third-order valence-electron chi connectivity index (χ3n) is 6.81. The van der Waals surface area contributed by atoms with E-state index in [-0.39, 0.29) is 23.6 Å². The fraction of sp³-hybridized carbons (Fsp3) is 0.577. The van der Waals surface area contributed by atoms with Crippen molar-refractivity contribution < 1.29 is 23.2 Å². The summed E-state index contributed by atoms with van der Waals surface area (Å²) in [7, 11) is 0. The number of Topliss-reactive ketones (excluding diaryl/α,β-unsaturated/α-hetero) is 1. The maximum Gasteiger partial charge on any atom is 0.437 e. The number of nitrogens with one attached hydrogen (secondary N) is 2. The lowest BCUT2D eigenvalue weighted by atomic mass is 9.83. The Hall–Kier alpha value is -3.30. The summed E-state index contributed by atoms with van der Waals surface area (Å²) >= 11 is 0. The monoisotopic (exact) mass is 500 g/mol. The first-order valence-corrected chi connectivity index (χ1v) is 12.7. The summed E-state index contributed by atoms with van der Waals surface area (Å²) in [5, 5.41) is 9.85. The molecule has 2 aliphatic rings. The van der Waals surface area contributed by atoms with Gasteiger partial charge in [0.2, 0.25) is 11.7 Å². The number of rotatable bonds is 10. The molecule has 0 saturated heterocycles. The molecular formula is C26H33FN4O5. The van der Waals surface area contributed by atoms with E-state index in [1.54, 1.807) is 0 Å². The van der Waals surface area contributed by atoms with Gasteiger partial charge in [-0.2, -0.15) is 4.68 Å². The SMILES string of the molecule is CC(C)C[C@H](NC(=O)[C@@H]1CCCC[C@@H]1NC(=O)c1ccc(F)cc1)C(=O)c1nn(CC2CC2)c(=O)o1. The van der Waals surface area contributed by atoms with E-state index in [4.69, 9.17) is 4.42 Å². The molecule has 0 bridgehead atoms. The van der Waals surface area contributed by atoms with Gasteiger partial charge >= 0.3 is 5.76 Å². The standard InChI is InChI=1S/C26H33FN4O5/c1-15(2)13-21(22(32)25-30-31(26(35)36-25)14-16-7-8-16)29-24(34)19-5-3-4-6-20(19)28-23(33)17-9-11-18(27)12-10-17/h9-12,15-16,19-21H,3-8,13-14H2,1-2H3,(H,28,33)(H,29,34)/t19-,20+,21+/m1/s1. The van der Waals surface area contributed by atoms with E-state index in [0.29, 0.717) is 37.3 Å². The maximum atomic E-state index is 13.3. The molecule has 10 heteroatoms. The van der Waals surface area contributed by atoms with Gasteiger partial charge in [-0.05, 0) is 68.2 Å². The van der Waals surface area contributed by atoms with E-state index in [0.717, 1.165) is 25.7 Å². The van der Waals surface area contributed by atoms with E-state index >= 15 is 0 Å². The van der Waals surface area contributed by atoms with Gasteiger partial charge in [0.15, 0.2) is 0 Å².